The fourth-order valence-electron chi connectivity index (χ4n) is 6.74. The van der Waals surface area contributed by atoms with Crippen molar-refractivity contribution in [1.82, 2.24) is 4.98 Å². The number of benzene rings is 6. The van der Waals surface area contributed by atoms with Crippen molar-refractivity contribution in [3.05, 3.63) is 139 Å². The van der Waals surface area contributed by atoms with Crippen molar-refractivity contribution in [2.24, 2.45) is 0 Å². The summed E-state index contributed by atoms with van der Waals surface area (Å²) in [6, 6.07) is 46.0. The first-order valence-electron chi connectivity index (χ1n) is 16.1. The van der Waals surface area contributed by atoms with Gasteiger partial charge in [0, 0.05) is 0 Å². The molecule has 0 radical (unpaired) electrons. The molecule has 0 saturated carbocycles. The minimum atomic E-state index is -0.784. The van der Waals surface area contributed by atoms with E-state index in [1.165, 1.54) is 46.1 Å². The predicted molar refractivity (Wildman–Crippen MR) is 196 cm³/mol. The summed E-state index contributed by atoms with van der Waals surface area (Å²) in [5, 5.41) is 2.30. The summed E-state index contributed by atoms with van der Waals surface area (Å²) in [5.74, 6) is 0.777. The standard InChI is InChI=1S/C43H35NOTe/c1-26(2)36-23-31(29-15-9-6-10-16-29)24-37(27(3)4)40(36)34-18-12-20-38-42(34)46-43(44-38)35-19-11-17-33-32-22-21-30(25-39(32)45-41(33)35)28-13-7-5-8-14-28/h5-27H,1-4H3. The molecule has 0 fully saturated rings. The molecule has 0 saturated heterocycles. The van der Waals surface area contributed by atoms with Crippen molar-refractivity contribution < 1.29 is 4.42 Å². The van der Waals surface area contributed by atoms with Gasteiger partial charge in [-0.15, -0.1) is 0 Å². The Morgan fingerprint density at radius 3 is 1.85 bits per heavy atom. The maximum absolute atomic E-state index is 6.67. The molecular weight excluding hydrogens is 674 g/mol. The second-order valence-corrected chi connectivity index (χ2v) is 15.6. The Morgan fingerprint density at radius 2 is 1.17 bits per heavy atom. The van der Waals surface area contributed by atoms with Gasteiger partial charge in [-0.05, 0) is 0 Å². The summed E-state index contributed by atoms with van der Waals surface area (Å²) in [6.45, 7) is 9.30. The first kappa shape index (κ1) is 29.0. The van der Waals surface area contributed by atoms with Crippen molar-refractivity contribution in [3.63, 3.8) is 0 Å². The normalized spacial score (nSPS) is 11.9. The molecule has 8 aromatic rings. The molecule has 8 rings (SSSR count). The summed E-state index contributed by atoms with van der Waals surface area (Å²) >= 11 is -0.784. The van der Waals surface area contributed by atoms with Crippen LogP contribution >= 0.6 is 0 Å². The van der Waals surface area contributed by atoms with E-state index in [0.717, 1.165) is 38.6 Å². The molecule has 0 aliphatic heterocycles. The zero-order valence-electron chi connectivity index (χ0n) is 26.5. The third-order valence-electron chi connectivity index (χ3n) is 9.07. The Kier molecular flexibility index (Phi) is 7.41. The number of nitrogens with zero attached hydrogens (tertiary/aromatic N) is 1. The molecule has 0 aliphatic carbocycles. The molecule has 224 valence electrons. The molecule has 0 atom stereocenters. The van der Waals surface area contributed by atoms with Gasteiger partial charge in [0.1, 0.15) is 0 Å². The Labute approximate surface area is 280 Å². The molecule has 2 heterocycles. The van der Waals surface area contributed by atoms with Gasteiger partial charge in [-0.1, -0.05) is 0 Å². The number of aromatic nitrogens is 1. The average Bonchev–Trinajstić information content (AvgIpc) is 3.70. The average molecular weight is 709 g/mol. The van der Waals surface area contributed by atoms with Crippen LogP contribution in [-0.2, 0) is 0 Å². The first-order chi connectivity index (χ1) is 22.5. The van der Waals surface area contributed by atoms with Gasteiger partial charge < -0.3 is 0 Å². The predicted octanol–water partition coefficient (Wildman–Crippen LogP) is 12.1. The fourth-order valence-corrected chi connectivity index (χ4v) is 9.90. The van der Waals surface area contributed by atoms with Crippen LogP contribution in [0.15, 0.2) is 132 Å². The third kappa shape index (κ3) is 5.00. The summed E-state index contributed by atoms with van der Waals surface area (Å²) in [7, 11) is 0. The van der Waals surface area contributed by atoms with Gasteiger partial charge in [0.15, 0.2) is 0 Å². The molecule has 2 aromatic heterocycles. The van der Waals surface area contributed by atoms with Gasteiger partial charge in [-0.25, -0.2) is 0 Å². The van der Waals surface area contributed by atoms with Gasteiger partial charge in [-0.2, -0.15) is 0 Å². The van der Waals surface area contributed by atoms with E-state index < -0.39 is 20.4 Å². The van der Waals surface area contributed by atoms with Gasteiger partial charge in [0.05, 0.1) is 0 Å². The van der Waals surface area contributed by atoms with E-state index in [2.05, 4.69) is 155 Å². The Balaban J connectivity index is 1.30. The van der Waals surface area contributed by atoms with Crippen LogP contribution in [0.1, 0.15) is 50.7 Å². The van der Waals surface area contributed by atoms with Crippen LogP contribution in [0.4, 0.5) is 0 Å². The third-order valence-corrected chi connectivity index (χ3v) is 12.3. The molecule has 0 bridgehead atoms. The second-order valence-electron chi connectivity index (χ2n) is 12.7. The van der Waals surface area contributed by atoms with Gasteiger partial charge in [-0.3, -0.25) is 0 Å². The van der Waals surface area contributed by atoms with E-state index in [1.54, 1.807) is 0 Å². The van der Waals surface area contributed by atoms with Crippen LogP contribution in [-0.4, -0.2) is 25.4 Å². The topological polar surface area (TPSA) is 26.0 Å². The van der Waals surface area contributed by atoms with Crippen molar-refractivity contribution in [2.75, 3.05) is 0 Å². The maximum atomic E-state index is 6.67. The number of hydrogen-bond acceptors (Lipinski definition) is 2. The molecule has 0 aliphatic rings. The van der Waals surface area contributed by atoms with Crippen LogP contribution in [0, 0.1) is 0 Å². The van der Waals surface area contributed by atoms with E-state index >= 15 is 0 Å². The van der Waals surface area contributed by atoms with E-state index in [4.69, 9.17) is 9.40 Å². The molecule has 2 nitrogen and oxygen atoms in total. The summed E-state index contributed by atoms with van der Waals surface area (Å²) in [6.07, 6.45) is 0. The molecule has 0 N–H and O–H groups in total. The summed E-state index contributed by atoms with van der Waals surface area (Å²) < 4.78 is 9.29. The molecule has 0 spiro atoms. The summed E-state index contributed by atoms with van der Waals surface area (Å²) in [5.41, 5.74) is 14.6. The van der Waals surface area contributed by atoms with E-state index in [1.807, 2.05) is 0 Å². The van der Waals surface area contributed by atoms with E-state index in [0.29, 0.717) is 11.8 Å². The number of para-hydroxylation sites is 1. The number of fused-ring (bicyclic) bond motifs is 4. The number of furan rings is 1. The quantitative estimate of drug-likeness (QED) is 0.161. The van der Waals surface area contributed by atoms with E-state index in [9.17, 15) is 0 Å². The Morgan fingerprint density at radius 1 is 0.543 bits per heavy atom. The number of hydrogen-bond donors (Lipinski definition) is 0. The Hall–Kier alpha value is -4.42. The molecule has 6 aromatic carbocycles. The van der Waals surface area contributed by atoms with Crippen LogP contribution in [0.25, 0.3) is 73.5 Å². The zero-order chi connectivity index (χ0) is 31.4. The fraction of sp³-hybridized carbons (Fsp3) is 0.140. The van der Waals surface area contributed by atoms with E-state index in [-0.39, 0.29) is 0 Å². The molecular formula is C43H35NOTe. The van der Waals surface area contributed by atoms with Crippen molar-refractivity contribution >= 4 is 51.3 Å². The second kappa shape index (κ2) is 11.7. The van der Waals surface area contributed by atoms with Crippen LogP contribution in [0.2, 0.25) is 0 Å². The van der Waals surface area contributed by atoms with Crippen molar-refractivity contribution in [2.45, 2.75) is 39.5 Å². The van der Waals surface area contributed by atoms with Crippen LogP contribution in [0.3, 0.4) is 0 Å². The van der Waals surface area contributed by atoms with Gasteiger partial charge in [0.2, 0.25) is 0 Å². The molecule has 0 amide bonds. The summed E-state index contributed by atoms with van der Waals surface area (Å²) in [4.78, 5) is 5.32. The monoisotopic (exact) mass is 711 g/mol. The van der Waals surface area contributed by atoms with Gasteiger partial charge in [0.25, 0.3) is 0 Å². The van der Waals surface area contributed by atoms with Crippen LogP contribution in [0.5, 0.6) is 0 Å². The van der Waals surface area contributed by atoms with Crippen LogP contribution < -0.4 is 0 Å². The molecule has 0 unspecified atom stereocenters. The first-order valence-corrected chi connectivity index (χ1v) is 18.4. The van der Waals surface area contributed by atoms with Crippen molar-refractivity contribution in [1.29, 1.82) is 0 Å². The zero-order valence-corrected chi connectivity index (χ0v) is 28.9. The molecule has 46 heavy (non-hydrogen) atoms. The van der Waals surface area contributed by atoms with Crippen molar-refractivity contribution in [3.8, 4) is 42.7 Å². The molecule has 3 heteroatoms. The number of rotatable bonds is 6. The minimum absolute atomic E-state index is 0.388. The van der Waals surface area contributed by atoms with Gasteiger partial charge >= 0.3 is 281 Å². The SMILES string of the molecule is CC(C)c1cc(-c2ccccc2)cc(C(C)C)c1-c1cccc2nc(-c3cccc4c3oc3cc(-c5ccccc5)ccc34)[te]c12. The Bertz CT molecular complexity index is 2330.